The number of ketones is 2. The molecule has 1 unspecified atom stereocenters. The van der Waals surface area contributed by atoms with E-state index in [2.05, 4.69) is 0 Å². The maximum Gasteiger partial charge on any atom is 0.145 e. The maximum atomic E-state index is 12.0. The molecule has 0 aliphatic rings. The largest absolute Gasteiger partial charge is 0.497 e. The van der Waals surface area contributed by atoms with Crippen molar-refractivity contribution >= 4 is 22.4 Å². The van der Waals surface area contributed by atoms with Gasteiger partial charge >= 0.3 is 0 Å². The van der Waals surface area contributed by atoms with Gasteiger partial charge in [0.05, 0.1) is 23.7 Å². The lowest BCUT2D eigenvalue weighted by Crippen LogP contribution is -2.11. The molecule has 5 heteroatoms. The van der Waals surface area contributed by atoms with Crippen molar-refractivity contribution < 1.29 is 18.5 Å². The van der Waals surface area contributed by atoms with Crippen molar-refractivity contribution in [3.05, 3.63) is 24.3 Å². The predicted octanol–water partition coefficient (Wildman–Crippen LogP) is 2.52. The molecule has 0 heterocycles. The molecule has 0 amide bonds. The van der Waals surface area contributed by atoms with Crippen molar-refractivity contribution in [2.24, 2.45) is 0 Å². The summed E-state index contributed by atoms with van der Waals surface area (Å²) in [5.41, 5.74) is 0. The number of Topliss-reactive ketones (excluding diaryl/α,β-unsaturated/α-hetero) is 2. The molecule has 0 saturated heterocycles. The Morgan fingerprint density at radius 3 is 2.25 bits per heavy atom. The zero-order valence-electron chi connectivity index (χ0n) is 11.9. The lowest BCUT2D eigenvalue weighted by molar-refractivity contribution is -0.119. The van der Waals surface area contributed by atoms with Crippen LogP contribution in [0.25, 0.3) is 0 Å². The van der Waals surface area contributed by atoms with Gasteiger partial charge in [-0.2, -0.15) is 0 Å². The van der Waals surface area contributed by atoms with E-state index in [0.29, 0.717) is 36.3 Å². The van der Waals surface area contributed by atoms with Crippen molar-refractivity contribution in [2.45, 2.75) is 37.5 Å². The molecule has 20 heavy (non-hydrogen) atoms. The number of hydrogen-bond donors (Lipinski definition) is 0. The minimum Gasteiger partial charge on any atom is -0.497 e. The highest BCUT2D eigenvalue weighted by atomic mass is 32.2. The van der Waals surface area contributed by atoms with Crippen LogP contribution >= 0.6 is 0 Å². The van der Waals surface area contributed by atoms with Crippen LogP contribution in [0, 0.1) is 0 Å². The van der Waals surface area contributed by atoms with E-state index in [1.54, 1.807) is 31.4 Å². The van der Waals surface area contributed by atoms with Gasteiger partial charge in [0, 0.05) is 24.2 Å². The van der Waals surface area contributed by atoms with Gasteiger partial charge < -0.3 is 4.74 Å². The lowest BCUT2D eigenvalue weighted by atomic mass is 10.1. The van der Waals surface area contributed by atoms with Crippen molar-refractivity contribution in [2.75, 3.05) is 12.9 Å². The van der Waals surface area contributed by atoms with Gasteiger partial charge in [-0.1, -0.05) is 6.92 Å². The fourth-order valence-electron chi connectivity index (χ4n) is 1.69. The zero-order chi connectivity index (χ0) is 15.0. The molecule has 1 aromatic rings. The van der Waals surface area contributed by atoms with Crippen LogP contribution in [0.3, 0.4) is 0 Å². The third-order valence-corrected chi connectivity index (χ3v) is 4.30. The molecular weight excluding hydrogens is 276 g/mol. The molecule has 0 aliphatic carbocycles. The molecule has 0 saturated carbocycles. The molecule has 0 N–H and O–H groups in total. The Balaban J connectivity index is 2.40. The number of carbonyl (C=O) groups excluding carboxylic acids is 2. The van der Waals surface area contributed by atoms with Crippen LogP contribution in [0.15, 0.2) is 29.2 Å². The molecule has 0 spiro atoms. The molecular formula is C15H20O4S. The summed E-state index contributed by atoms with van der Waals surface area (Å²) in [6.07, 6.45) is 1.79. The van der Waals surface area contributed by atoms with E-state index >= 15 is 0 Å². The molecule has 1 rings (SSSR count). The SMILES string of the molecule is CCC(=O)CCCC(=O)CS(=O)c1ccc(OC)cc1. The molecule has 0 aliphatic heterocycles. The van der Waals surface area contributed by atoms with Gasteiger partial charge in [-0.15, -0.1) is 0 Å². The Kier molecular flexibility index (Phi) is 7.15. The molecule has 0 aromatic heterocycles. The van der Waals surface area contributed by atoms with Crippen LogP contribution in [0.5, 0.6) is 5.75 Å². The topological polar surface area (TPSA) is 60.4 Å². The van der Waals surface area contributed by atoms with Gasteiger partial charge in [-0.3, -0.25) is 13.8 Å². The van der Waals surface area contributed by atoms with Gasteiger partial charge in [0.15, 0.2) is 0 Å². The molecule has 0 radical (unpaired) electrons. The van der Waals surface area contributed by atoms with Crippen LogP contribution < -0.4 is 4.74 Å². The summed E-state index contributed by atoms with van der Waals surface area (Å²) in [4.78, 5) is 23.4. The van der Waals surface area contributed by atoms with Crippen molar-refractivity contribution in [3.8, 4) is 5.75 Å². The second-order valence-electron chi connectivity index (χ2n) is 4.45. The summed E-state index contributed by atoms with van der Waals surface area (Å²) in [5, 5.41) is 0. The molecule has 110 valence electrons. The van der Waals surface area contributed by atoms with Crippen molar-refractivity contribution in [1.29, 1.82) is 0 Å². The highest BCUT2D eigenvalue weighted by Crippen LogP contribution is 2.14. The fourth-order valence-corrected chi connectivity index (χ4v) is 2.73. The van der Waals surface area contributed by atoms with Crippen molar-refractivity contribution in [3.63, 3.8) is 0 Å². The van der Waals surface area contributed by atoms with Crippen LogP contribution in [-0.2, 0) is 20.4 Å². The van der Waals surface area contributed by atoms with Gasteiger partial charge in [0.1, 0.15) is 17.3 Å². The summed E-state index contributed by atoms with van der Waals surface area (Å²) in [6, 6.07) is 6.83. The van der Waals surface area contributed by atoms with Gasteiger partial charge in [-0.25, -0.2) is 0 Å². The quantitative estimate of drug-likeness (QED) is 0.702. The van der Waals surface area contributed by atoms with Crippen LogP contribution in [-0.4, -0.2) is 28.6 Å². The zero-order valence-corrected chi connectivity index (χ0v) is 12.7. The van der Waals surface area contributed by atoms with Crippen LogP contribution in [0.4, 0.5) is 0 Å². The Hall–Kier alpha value is -1.49. The Labute approximate surface area is 122 Å². The third-order valence-electron chi connectivity index (χ3n) is 2.92. The summed E-state index contributed by atoms with van der Waals surface area (Å²) in [5.74, 6) is 0.791. The van der Waals surface area contributed by atoms with Gasteiger partial charge in [-0.05, 0) is 30.7 Å². The predicted molar refractivity (Wildman–Crippen MR) is 78.4 cm³/mol. The normalized spacial score (nSPS) is 11.9. The first kappa shape index (κ1) is 16.6. The number of rotatable bonds is 9. The van der Waals surface area contributed by atoms with E-state index in [1.165, 1.54) is 0 Å². The van der Waals surface area contributed by atoms with Gasteiger partial charge in [0.25, 0.3) is 0 Å². The van der Waals surface area contributed by atoms with E-state index in [4.69, 9.17) is 4.74 Å². The monoisotopic (exact) mass is 296 g/mol. The Bertz CT molecular complexity index is 479. The number of hydrogen-bond acceptors (Lipinski definition) is 4. The minimum atomic E-state index is -1.33. The minimum absolute atomic E-state index is 0.00659. The van der Waals surface area contributed by atoms with Gasteiger partial charge in [0.2, 0.25) is 0 Å². The summed E-state index contributed by atoms with van der Waals surface area (Å²) >= 11 is 0. The molecule has 1 atom stereocenters. The Morgan fingerprint density at radius 1 is 1.10 bits per heavy atom. The average molecular weight is 296 g/mol. The lowest BCUT2D eigenvalue weighted by Gasteiger charge is -2.04. The second kappa shape index (κ2) is 8.64. The van der Waals surface area contributed by atoms with E-state index in [0.717, 1.165) is 0 Å². The van der Waals surface area contributed by atoms with Crippen LogP contribution in [0.1, 0.15) is 32.6 Å². The molecule has 1 aromatic carbocycles. The highest BCUT2D eigenvalue weighted by molar-refractivity contribution is 7.85. The fraction of sp³-hybridized carbons (Fsp3) is 0.467. The number of carbonyl (C=O) groups is 2. The van der Waals surface area contributed by atoms with Crippen molar-refractivity contribution in [1.82, 2.24) is 0 Å². The first-order chi connectivity index (χ1) is 9.56. The van der Waals surface area contributed by atoms with E-state index in [-0.39, 0.29) is 17.3 Å². The number of benzene rings is 1. The molecule has 4 nitrogen and oxygen atoms in total. The Morgan fingerprint density at radius 2 is 1.70 bits per heavy atom. The smallest absolute Gasteiger partial charge is 0.145 e. The highest BCUT2D eigenvalue weighted by Gasteiger charge is 2.11. The van der Waals surface area contributed by atoms with E-state index in [1.807, 2.05) is 6.92 Å². The average Bonchev–Trinajstić information content (AvgIpc) is 2.47. The number of ether oxygens (including phenoxy) is 1. The summed E-state index contributed by atoms with van der Waals surface area (Å²) in [7, 11) is 0.233. The maximum absolute atomic E-state index is 12.0. The first-order valence-electron chi connectivity index (χ1n) is 6.62. The standard InChI is InChI=1S/C15H20O4S/c1-3-12(16)5-4-6-13(17)11-20(18)15-9-7-14(19-2)8-10-15/h7-10H,3-6,11H2,1-2H3. The third kappa shape index (κ3) is 5.65. The summed E-state index contributed by atoms with van der Waals surface area (Å²) < 4.78 is 17.0. The molecule has 0 fully saturated rings. The van der Waals surface area contributed by atoms with E-state index in [9.17, 15) is 13.8 Å². The summed E-state index contributed by atoms with van der Waals surface area (Å²) in [6.45, 7) is 1.81. The molecule has 0 bridgehead atoms. The first-order valence-corrected chi connectivity index (χ1v) is 7.94. The van der Waals surface area contributed by atoms with E-state index < -0.39 is 10.8 Å². The van der Waals surface area contributed by atoms with Crippen LogP contribution in [0.2, 0.25) is 0 Å². The second-order valence-corrected chi connectivity index (χ2v) is 5.90. The number of methoxy groups -OCH3 is 1.